The molecule has 1 heterocycles. The lowest BCUT2D eigenvalue weighted by Crippen LogP contribution is -2.30. The predicted octanol–water partition coefficient (Wildman–Crippen LogP) is 7.16. The van der Waals surface area contributed by atoms with Gasteiger partial charge in [0.2, 0.25) is 12.7 Å². The summed E-state index contributed by atoms with van der Waals surface area (Å²) in [6.07, 6.45) is -0.495. The Hall–Kier alpha value is -4.68. The highest BCUT2D eigenvalue weighted by atomic mass is 79.9. The summed E-state index contributed by atoms with van der Waals surface area (Å²) in [6, 6.07) is 23.8. The Bertz CT molecular complexity index is 1670. The SMILES string of the molecule is Nc1ccccc1NC(=O)/C=C/[C@H](Oc1ccccc1)[C@@H](OC(=O)Nc1ccc2c(c1)OCO2)c1cc(Br)cc(Br)c1O. The molecule has 5 N–H and O–H groups in total. The molecular formula is C31H25Br2N3O7. The molecule has 0 saturated heterocycles. The van der Waals surface area contributed by atoms with Crippen LogP contribution in [-0.2, 0) is 9.53 Å². The first-order valence-electron chi connectivity index (χ1n) is 12.9. The van der Waals surface area contributed by atoms with Gasteiger partial charge in [-0.05, 0) is 70.5 Å². The van der Waals surface area contributed by atoms with E-state index in [2.05, 4.69) is 42.5 Å². The lowest BCUT2D eigenvalue weighted by atomic mass is 10.0. The van der Waals surface area contributed by atoms with Crippen molar-refractivity contribution in [3.63, 3.8) is 0 Å². The molecule has 4 aromatic rings. The molecule has 2 atom stereocenters. The number of carbonyl (C=O) groups is 2. The molecule has 0 aromatic heterocycles. The van der Waals surface area contributed by atoms with Gasteiger partial charge >= 0.3 is 6.09 Å². The largest absolute Gasteiger partial charge is 0.506 e. The van der Waals surface area contributed by atoms with Gasteiger partial charge in [0.05, 0.1) is 15.8 Å². The average molecular weight is 711 g/mol. The number of para-hydroxylation sites is 3. The number of hydrogen-bond acceptors (Lipinski definition) is 8. The minimum absolute atomic E-state index is 0.0810. The Morgan fingerprint density at radius 2 is 1.67 bits per heavy atom. The summed E-state index contributed by atoms with van der Waals surface area (Å²) < 4.78 is 23.8. The second-order valence-corrected chi connectivity index (χ2v) is 10.9. The van der Waals surface area contributed by atoms with Crippen molar-refractivity contribution >= 4 is 60.9 Å². The zero-order valence-corrected chi connectivity index (χ0v) is 25.5. The minimum Gasteiger partial charge on any atom is -0.506 e. The normalized spacial score (nSPS) is 13.3. The molecule has 220 valence electrons. The Morgan fingerprint density at radius 3 is 2.47 bits per heavy atom. The molecule has 1 aliphatic rings. The summed E-state index contributed by atoms with van der Waals surface area (Å²) in [7, 11) is 0. The van der Waals surface area contributed by atoms with Gasteiger partial charge < -0.3 is 35.1 Å². The fraction of sp³-hybridized carbons (Fsp3) is 0.0968. The molecule has 10 nitrogen and oxygen atoms in total. The second-order valence-electron chi connectivity index (χ2n) is 9.18. The molecule has 12 heteroatoms. The maximum absolute atomic E-state index is 13.3. The average Bonchev–Trinajstić information content (AvgIpc) is 3.46. The van der Waals surface area contributed by atoms with Gasteiger partial charge in [-0.3, -0.25) is 10.1 Å². The van der Waals surface area contributed by atoms with Crippen molar-refractivity contribution in [2.75, 3.05) is 23.2 Å². The number of phenols is 1. The van der Waals surface area contributed by atoms with E-state index in [4.69, 9.17) is 24.7 Å². The first-order chi connectivity index (χ1) is 20.8. The predicted molar refractivity (Wildman–Crippen MR) is 168 cm³/mol. The van der Waals surface area contributed by atoms with E-state index in [1.165, 1.54) is 12.2 Å². The summed E-state index contributed by atoms with van der Waals surface area (Å²) in [5.74, 6) is 0.783. The van der Waals surface area contributed by atoms with Crippen molar-refractivity contribution in [1.82, 2.24) is 0 Å². The second kappa shape index (κ2) is 13.5. The molecular weight excluding hydrogens is 686 g/mol. The van der Waals surface area contributed by atoms with E-state index in [9.17, 15) is 14.7 Å². The van der Waals surface area contributed by atoms with E-state index < -0.39 is 24.2 Å². The fourth-order valence-corrected chi connectivity index (χ4v) is 5.43. The van der Waals surface area contributed by atoms with E-state index in [0.717, 1.165) is 0 Å². The molecule has 5 rings (SSSR count). The van der Waals surface area contributed by atoms with Crippen LogP contribution in [0.25, 0.3) is 0 Å². The minimum atomic E-state index is -1.24. The van der Waals surface area contributed by atoms with E-state index in [0.29, 0.717) is 43.3 Å². The lowest BCUT2D eigenvalue weighted by molar-refractivity contribution is -0.112. The Balaban J connectivity index is 1.47. The summed E-state index contributed by atoms with van der Waals surface area (Å²) >= 11 is 6.77. The van der Waals surface area contributed by atoms with Crippen LogP contribution in [0.15, 0.2) is 106 Å². The molecule has 0 fully saturated rings. The highest BCUT2D eigenvalue weighted by molar-refractivity contribution is 9.11. The Morgan fingerprint density at radius 1 is 0.930 bits per heavy atom. The third-order valence-corrected chi connectivity index (χ3v) is 7.25. The Kier molecular flexibility index (Phi) is 9.38. The number of ether oxygens (including phenoxy) is 4. The van der Waals surface area contributed by atoms with E-state index in [1.54, 1.807) is 78.9 Å². The maximum atomic E-state index is 13.3. The van der Waals surface area contributed by atoms with Crippen molar-refractivity contribution in [3.8, 4) is 23.0 Å². The summed E-state index contributed by atoms with van der Waals surface area (Å²) in [4.78, 5) is 26.2. The van der Waals surface area contributed by atoms with Gasteiger partial charge in [-0.2, -0.15) is 0 Å². The first-order valence-corrected chi connectivity index (χ1v) is 14.5. The van der Waals surface area contributed by atoms with Gasteiger partial charge in [-0.1, -0.05) is 46.3 Å². The van der Waals surface area contributed by atoms with Crippen LogP contribution in [0.1, 0.15) is 11.7 Å². The molecule has 0 saturated carbocycles. The number of anilines is 3. The summed E-state index contributed by atoms with van der Waals surface area (Å²) in [6.45, 7) is 0.0810. The Labute approximate surface area is 263 Å². The zero-order chi connectivity index (χ0) is 30.3. The molecule has 0 aliphatic carbocycles. The number of fused-ring (bicyclic) bond motifs is 1. The highest BCUT2D eigenvalue weighted by Gasteiger charge is 2.31. The topological polar surface area (TPSA) is 141 Å². The molecule has 43 heavy (non-hydrogen) atoms. The number of nitrogens with one attached hydrogen (secondary N) is 2. The van der Waals surface area contributed by atoms with E-state index in [1.807, 2.05) is 6.07 Å². The number of amides is 2. The maximum Gasteiger partial charge on any atom is 0.412 e. The number of nitrogen functional groups attached to an aromatic ring is 1. The first kappa shape index (κ1) is 29.8. The van der Waals surface area contributed by atoms with Gasteiger partial charge in [0, 0.05) is 27.9 Å². The van der Waals surface area contributed by atoms with Gasteiger partial charge in [0.15, 0.2) is 23.7 Å². The zero-order valence-electron chi connectivity index (χ0n) is 22.3. The summed E-state index contributed by atoms with van der Waals surface area (Å²) in [5, 5.41) is 16.4. The van der Waals surface area contributed by atoms with Gasteiger partial charge in [-0.25, -0.2) is 4.79 Å². The van der Waals surface area contributed by atoms with Gasteiger partial charge in [-0.15, -0.1) is 0 Å². The summed E-state index contributed by atoms with van der Waals surface area (Å²) in [5.41, 5.74) is 7.39. The van der Waals surface area contributed by atoms with Gasteiger partial charge in [0.25, 0.3) is 0 Å². The number of benzene rings is 4. The molecule has 0 bridgehead atoms. The third kappa shape index (κ3) is 7.59. The van der Waals surface area contributed by atoms with Crippen LogP contribution in [0.5, 0.6) is 23.0 Å². The molecule has 1 aliphatic heterocycles. The lowest BCUT2D eigenvalue weighted by Gasteiger charge is -2.27. The molecule has 2 amide bonds. The highest BCUT2D eigenvalue weighted by Crippen LogP contribution is 2.40. The molecule has 4 aromatic carbocycles. The fourth-order valence-electron chi connectivity index (χ4n) is 4.17. The van der Waals surface area contributed by atoms with Crippen LogP contribution in [0.4, 0.5) is 21.9 Å². The van der Waals surface area contributed by atoms with Crippen LogP contribution in [0, 0.1) is 0 Å². The number of nitrogens with two attached hydrogens (primary N) is 1. The quantitative estimate of drug-likeness (QED) is 0.106. The van der Waals surface area contributed by atoms with Crippen LogP contribution in [0.2, 0.25) is 0 Å². The van der Waals surface area contributed by atoms with E-state index >= 15 is 0 Å². The van der Waals surface area contributed by atoms with Crippen LogP contribution in [0.3, 0.4) is 0 Å². The third-order valence-electron chi connectivity index (χ3n) is 6.19. The number of halogens is 2. The van der Waals surface area contributed by atoms with Crippen LogP contribution in [-0.4, -0.2) is 30.0 Å². The smallest absolute Gasteiger partial charge is 0.412 e. The van der Waals surface area contributed by atoms with Gasteiger partial charge in [0.1, 0.15) is 11.5 Å². The number of carbonyl (C=O) groups excluding carboxylic acids is 2. The molecule has 0 radical (unpaired) electrons. The van der Waals surface area contributed by atoms with Crippen molar-refractivity contribution in [2.45, 2.75) is 12.2 Å². The van der Waals surface area contributed by atoms with E-state index in [-0.39, 0.29) is 18.1 Å². The number of aromatic hydroxyl groups is 1. The van der Waals surface area contributed by atoms with Crippen molar-refractivity contribution in [3.05, 3.63) is 112 Å². The number of rotatable bonds is 9. The van der Waals surface area contributed by atoms with Crippen molar-refractivity contribution in [1.29, 1.82) is 0 Å². The van der Waals surface area contributed by atoms with Crippen molar-refractivity contribution < 1.29 is 33.6 Å². The number of hydrogen-bond donors (Lipinski definition) is 4. The monoisotopic (exact) mass is 709 g/mol. The molecule has 0 unspecified atom stereocenters. The van der Waals surface area contributed by atoms with Crippen LogP contribution >= 0.6 is 31.9 Å². The van der Waals surface area contributed by atoms with Crippen LogP contribution < -0.4 is 30.6 Å². The number of phenolic OH excluding ortho intramolecular Hbond substituents is 1. The molecule has 0 spiro atoms. The van der Waals surface area contributed by atoms with Crippen molar-refractivity contribution in [2.24, 2.45) is 0 Å². The standard InChI is InChI=1S/C31H25Br2N3O7/c32-18-14-21(29(38)22(33)15-18)30(43-31(39)35-19-10-11-25-27(16-19)41-17-40-25)26(42-20-6-2-1-3-7-20)12-13-28(37)36-24-9-5-4-8-23(24)34/h1-16,26,30,38H,17,34H2,(H,35,39)(H,36,37)/b13-12+/t26-,30-/m0/s1.